The molecule has 1 amide bonds. The molecule has 1 aromatic heterocycles. The molecule has 0 N–H and O–H groups in total. The Labute approximate surface area is 187 Å². The van der Waals surface area contributed by atoms with Gasteiger partial charge in [0.05, 0.1) is 23.4 Å². The minimum absolute atomic E-state index is 0.0186. The maximum absolute atomic E-state index is 13.4. The molecule has 3 aromatic rings. The highest BCUT2D eigenvalue weighted by molar-refractivity contribution is 9.10. The van der Waals surface area contributed by atoms with Gasteiger partial charge in [-0.1, -0.05) is 27.3 Å². The van der Waals surface area contributed by atoms with Crippen molar-refractivity contribution in [2.24, 2.45) is 0 Å². The first-order valence-corrected chi connectivity index (χ1v) is 12.3. The summed E-state index contributed by atoms with van der Waals surface area (Å²) in [6, 6.07) is 13.8. The molecule has 0 aliphatic carbocycles. The molecule has 152 valence electrons. The summed E-state index contributed by atoms with van der Waals surface area (Å²) in [5, 5.41) is 0.749. The number of hydrogen-bond acceptors (Lipinski definition) is 6. The van der Waals surface area contributed by atoms with Crippen LogP contribution in [0, 0.1) is 0 Å². The molecule has 0 radical (unpaired) electrons. The van der Waals surface area contributed by atoms with Crippen LogP contribution < -0.4 is 4.90 Å². The number of halogens is 1. The summed E-state index contributed by atoms with van der Waals surface area (Å²) in [5.41, 5.74) is 1.60. The van der Waals surface area contributed by atoms with Gasteiger partial charge in [-0.3, -0.25) is 14.6 Å². The van der Waals surface area contributed by atoms with Crippen molar-refractivity contribution in [3.05, 3.63) is 52.5 Å². The molecule has 0 saturated carbocycles. The predicted molar refractivity (Wildman–Crippen MR) is 124 cm³/mol. The molecule has 0 spiro atoms. The highest BCUT2D eigenvalue weighted by atomic mass is 79.9. The van der Waals surface area contributed by atoms with E-state index in [0.29, 0.717) is 12.1 Å². The zero-order valence-corrected chi connectivity index (χ0v) is 19.4. The maximum Gasteiger partial charge on any atom is 0.260 e. The Hall–Kier alpha value is -1.45. The number of carbonyl (C=O) groups is 1. The van der Waals surface area contributed by atoms with Crippen LogP contribution in [0.25, 0.3) is 10.2 Å². The van der Waals surface area contributed by atoms with E-state index in [9.17, 15) is 4.79 Å². The van der Waals surface area contributed by atoms with Crippen LogP contribution in [0.2, 0.25) is 0 Å². The van der Waals surface area contributed by atoms with Crippen LogP contribution in [-0.2, 0) is 4.74 Å². The predicted octanol–water partition coefficient (Wildman–Crippen LogP) is 4.76. The number of rotatable bonds is 6. The summed E-state index contributed by atoms with van der Waals surface area (Å²) in [6.45, 7) is 4.70. The first kappa shape index (κ1) is 20.8. The fourth-order valence-corrected chi connectivity index (χ4v) is 5.04. The normalized spacial score (nSPS) is 15.0. The average molecular weight is 492 g/mol. The van der Waals surface area contributed by atoms with Crippen LogP contribution >= 0.6 is 39.0 Å². The number of anilines is 1. The van der Waals surface area contributed by atoms with Gasteiger partial charge in [0.25, 0.3) is 5.91 Å². The Morgan fingerprint density at radius 1 is 1.24 bits per heavy atom. The second-order valence-corrected chi connectivity index (χ2v) is 9.55. The maximum atomic E-state index is 13.4. The summed E-state index contributed by atoms with van der Waals surface area (Å²) >= 11 is 6.73. The molecule has 0 unspecified atom stereocenters. The fourth-order valence-electron chi connectivity index (χ4n) is 3.23. The number of morpholine rings is 1. The number of aromatic nitrogens is 1. The van der Waals surface area contributed by atoms with Crippen LogP contribution in [0.1, 0.15) is 10.4 Å². The zero-order valence-electron chi connectivity index (χ0n) is 16.1. The van der Waals surface area contributed by atoms with Gasteiger partial charge in [-0.2, -0.15) is 0 Å². The third-order valence-electron chi connectivity index (χ3n) is 4.90. The van der Waals surface area contributed by atoms with Crippen LogP contribution in [0.5, 0.6) is 0 Å². The topological polar surface area (TPSA) is 45.7 Å². The number of thioether (sulfide) groups is 1. The van der Waals surface area contributed by atoms with Crippen molar-refractivity contribution in [2.45, 2.75) is 4.90 Å². The van der Waals surface area contributed by atoms with Gasteiger partial charge in [0, 0.05) is 41.1 Å². The van der Waals surface area contributed by atoms with Gasteiger partial charge in [0.15, 0.2) is 5.13 Å². The number of thiazole rings is 1. The summed E-state index contributed by atoms with van der Waals surface area (Å²) in [5.74, 6) is -0.0186. The van der Waals surface area contributed by atoms with Crippen molar-refractivity contribution >= 4 is 60.3 Å². The molecule has 1 aliphatic rings. The van der Waals surface area contributed by atoms with Crippen molar-refractivity contribution < 1.29 is 9.53 Å². The number of fused-ring (bicyclic) bond motifs is 1. The minimum Gasteiger partial charge on any atom is -0.379 e. The van der Waals surface area contributed by atoms with Crippen molar-refractivity contribution in [3.63, 3.8) is 0 Å². The van der Waals surface area contributed by atoms with Gasteiger partial charge < -0.3 is 4.74 Å². The number of carbonyl (C=O) groups excluding carboxylic acids is 1. The minimum atomic E-state index is -0.0186. The smallest absolute Gasteiger partial charge is 0.260 e. The molecule has 8 heteroatoms. The molecule has 0 bridgehead atoms. The molecule has 2 heterocycles. The van der Waals surface area contributed by atoms with Crippen LogP contribution in [0.15, 0.2) is 51.8 Å². The molecule has 4 rings (SSSR count). The van der Waals surface area contributed by atoms with E-state index in [-0.39, 0.29) is 5.91 Å². The summed E-state index contributed by atoms with van der Waals surface area (Å²) in [7, 11) is 0. The number of nitrogens with zero attached hydrogens (tertiary/aromatic N) is 3. The van der Waals surface area contributed by atoms with Gasteiger partial charge in [0.2, 0.25) is 0 Å². The van der Waals surface area contributed by atoms with Gasteiger partial charge in [-0.15, -0.1) is 11.8 Å². The van der Waals surface area contributed by atoms with Gasteiger partial charge >= 0.3 is 0 Å². The van der Waals surface area contributed by atoms with Crippen LogP contribution in [0.4, 0.5) is 5.13 Å². The van der Waals surface area contributed by atoms with Crippen molar-refractivity contribution in [3.8, 4) is 0 Å². The fraction of sp³-hybridized carbons (Fsp3) is 0.333. The lowest BCUT2D eigenvalue weighted by molar-refractivity contribution is 0.0391. The van der Waals surface area contributed by atoms with Crippen molar-refractivity contribution in [1.82, 2.24) is 9.88 Å². The molecule has 1 saturated heterocycles. The van der Waals surface area contributed by atoms with Gasteiger partial charge in [-0.05, 0) is 48.7 Å². The second kappa shape index (κ2) is 9.57. The summed E-state index contributed by atoms with van der Waals surface area (Å²) < 4.78 is 7.50. The number of ether oxygens (including phenoxy) is 1. The Morgan fingerprint density at radius 3 is 2.72 bits per heavy atom. The highest BCUT2D eigenvalue weighted by Gasteiger charge is 2.23. The molecule has 1 fully saturated rings. The van der Waals surface area contributed by atoms with Crippen molar-refractivity contribution in [1.29, 1.82) is 0 Å². The number of benzene rings is 2. The summed E-state index contributed by atoms with van der Waals surface area (Å²) in [4.78, 5) is 23.5. The molecular weight excluding hydrogens is 470 g/mol. The second-order valence-electron chi connectivity index (χ2n) is 6.75. The molecule has 5 nitrogen and oxygen atoms in total. The lowest BCUT2D eigenvalue weighted by Crippen LogP contribution is -2.43. The monoisotopic (exact) mass is 491 g/mol. The first-order valence-electron chi connectivity index (χ1n) is 9.46. The standard InChI is InChI=1S/C21H22BrN3O2S2/c1-28-17-6-7-18-19(14-17)29-21(23-18)25(9-8-24-10-12-27-13-11-24)20(26)15-2-4-16(22)5-3-15/h2-7,14H,8-13H2,1H3. The van der Waals surface area contributed by atoms with E-state index in [2.05, 4.69) is 39.2 Å². The highest BCUT2D eigenvalue weighted by Crippen LogP contribution is 2.32. The Morgan fingerprint density at radius 2 is 2.00 bits per heavy atom. The summed E-state index contributed by atoms with van der Waals surface area (Å²) in [6.07, 6.45) is 2.06. The quantitative estimate of drug-likeness (QED) is 0.465. The van der Waals surface area contributed by atoms with E-state index in [0.717, 1.165) is 52.7 Å². The van der Waals surface area contributed by atoms with Gasteiger partial charge in [-0.25, -0.2) is 4.98 Å². The van der Waals surface area contributed by atoms with Gasteiger partial charge in [0.1, 0.15) is 0 Å². The molecule has 1 aliphatic heterocycles. The van der Waals surface area contributed by atoms with E-state index in [4.69, 9.17) is 9.72 Å². The third kappa shape index (κ3) is 5.00. The number of amides is 1. The average Bonchev–Trinajstić information content (AvgIpc) is 3.17. The van der Waals surface area contributed by atoms with E-state index >= 15 is 0 Å². The molecule has 0 atom stereocenters. The zero-order chi connectivity index (χ0) is 20.2. The third-order valence-corrected chi connectivity index (χ3v) is 7.19. The van der Waals surface area contributed by atoms with E-state index in [1.54, 1.807) is 23.1 Å². The Bertz CT molecular complexity index is 987. The van der Waals surface area contributed by atoms with E-state index in [1.165, 1.54) is 4.90 Å². The number of hydrogen-bond donors (Lipinski definition) is 0. The van der Waals surface area contributed by atoms with Crippen LogP contribution in [-0.4, -0.2) is 61.4 Å². The molecule has 29 heavy (non-hydrogen) atoms. The lowest BCUT2D eigenvalue weighted by Gasteiger charge is -2.29. The largest absolute Gasteiger partial charge is 0.379 e. The van der Waals surface area contributed by atoms with Crippen molar-refractivity contribution in [2.75, 3.05) is 50.5 Å². The van der Waals surface area contributed by atoms with Crippen LogP contribution in [0.3, 0.4) is 0 Å². The Kier molecular flexibility index (Phi) is 6.87. The van der Waals surface area contributed by atoms with E-state index < -0.39 is 0 Å². The SMILES string of the molecule is CSc1ccc2nc(N(CCN3CCOCC3)C(=O)c3ccc(Br)cc3)sc2c1. The molecule has 2 aromatic carbocycles. The van der Waals surface area contributed by atoms with E-state index in [1.807, 2.05) is 35.2 Å². The lowest BCUT2D eigenvalue weighted by atomic mass is 10.2. The molecular formula is C21H22BrN3O2S2. The Balaban J connectivity index is 1.63. The first-order chi connectivity index (χ1) is 14.1.